The molecule has 0 unspecified atom stereocenters. The maximum Gasteiger partial charge on any atom is 0.371 e. The molecule has 0 spiro atoms. The molecule has 1 aromatic rings. The number of halogens is 1. The Kier molecular flexibility index (Phi) is 5.54. The van der Waals surface area contributed by atoms with Crippen molar-refractivity contribution in [2.45, 2.75) is 24.8 Å². The zero-order chi connectivity index (χ0) is 16.4. The molecule has 0 atom stereocenters. The number of ether oxygens (including phenoxy) is 1. The van der Waals surface area contributed by atoms with Crippen LogP contribution in [0.4, 0.5) is 0 Å². The third-order valence-electron chi connectivity index (χ3n) is 2.54. The highest BCUT2D eigenvalue weighted by atomic mass is 79.9. The molecule has 0 fully saturated rings. The van der Waals surface area contributed by atoms with E-state index in [1.54, 1.807) is 13.8 Å². The van der Waals surface area contributed by atoms with Crippen molar-refractivity contribution in [3.8, 4) is 0 Å². The van der Waals surface area contributed by atoms with Crippen molar-refractivity contribution < 1.29 is 32.3 Å². The molecule has 10 heteroatoms. The van der Waals surface area contributed by atoms with Crippen LogP contribution in [0.2, 0.25) is 0 Å². The number of rotatable bonds is 6. The van der Waals surface area contributed by atoms with Gasteiger partial charge < -0.3 is 14.3 Å². The van der Waals surface area contributed by atoms with E-state index in [2.05, 4.69) is 20.7 Å². The first-order valence-corrected chi connectivity index (χ1v) is 7.95. The van der Waals surface area contributed by atoms with Crippen LogP contribution < -0.4 is 0 Å². The minimum Gasteiger partial charge on any atom is -0.475 e. The smallest absolute Gasteiger partial charge is 0.371 e. The van der Waals surface area contributed by atoms with Crippen LogP contribution in [0.15, 0.2) is 20.0 Å². The zero-order valence-electron chi connectivity index (χ0n) is 11.5. The average molecular weight is 384 g/mol. The Bertz CT molecular complexity index is 650. The molecule has 118 valence electrons. The van der Waals surface area contributed by atoms with Crippen LogP contribution >= 0.6 is 15.9 Å². The average Bonchev–Trinajstić information content (AvgIpc) is 2.78. The fraction of sp³-hybridized carbons (Fsp3) is 0.455. The second kappa shape index (κ2) is 6.58. The number of carboxylic acid groups (broad SMARTS) is 1. The first-order valence-electron chi connectivity index (χ1n) is 5.72. The van der Waals surface area contributed by atoms with E-state index in [1.165, 1.54) is 0 Å². The number of carbonyl (C=O) groups excluding carboxylic acids is 1. The molecule has 0 aliphatic rings. The standard InChI is InChI=1S/C11H14BrNO7S/c1-6(2)13(5-9(14)19-3)21(17,18)8-4-7(11(15)16)20-10(8)12/h4,6H,5H2,1-3H3,(H,15,16). The van der Waals surface area contributed by atoms with Crippen molar-refractivity contribution >= 4 is 37.9 Å². The summed E-state index contributed by atoms with van der Waals surface area (Å²) in [5, 5.41) is 8.82. The number of esters is 1. The first kappa shape index (κ1) is 17.7. The molecule has 1 rings (SSSR count). The number of sulfonamides is 1. The summed E-state index contributed by atoms with van der Waals surface area (Å²) in [6, 6.07) is 0.346. The number of carboxylic acids is 1. The third-order valence-corrected chi connectivity index (χ3v) is 5.42. The Morgan fingerprint density at radius 1 is 1.48 bits per heavy atom. The fourth-order valence-electron chi connectivity index (χ4n) is 1.50. The van der Waals surface area contributed by atoms with Crippen molar-refractivity contribution in [3.05, 3.63) is 16.5 Å². The van der Waals surface area contributed by atoms with Gasteiger partial charge in [-0.2, -0.15) is 4.31 Å². The predicted molar refractivity (Wildman–Crippen MR) is 74.4 cm³/mol. The molecule has 0 aliphatic heterocycles. The van der Waals surface area contributed by atoms with E-state index >= 15 is 0 Å². The van der Waals surface area contributed by atoms with Gasteiger partial charge in [-0.3, -0.25) is 4.79 Å². The summed E-state index contributed by atoms with van der Waals surface area (Å²) in [5.74, 6) is -2.66. The van der Waals surface area contributed by atoms with E-state index in [-0.39, 0.29) is 9.56 Å². The molecule has 0 saturated carbocycles. The largest absolute Gasteiger partial charge is 0.475 e. The summed E-state index contributed by atoms with van der Waals surface area (Å²) in [4.78, 5) is 21.8. The lowest BCUT2D eigenvalue weighted by molar-refractivity contribution is -0.141. The van der Waals surface area contributed by atoms with Crippen LogP contribution in [0.3, 0.4) is 0 Å². The summed E-state index contributed by atoms with van der Waals surface area (Å²) in [7, 11) is -2.98. The lowest BCUT2D eigenvalue weighted by Crippen LogP contribution is -2.41. The molecule has 0 bridgehead atoms. The number of aromatic carboxylic acids is 1. The number of carbonyl (C=O) groups is 2. The van der Waals surface area contributed by atoms with Gasteiger partial charge in [0.2, 0.25) is 15.8 Å². The Morgan fingerprint density at radius 3 is 2.43 bits per heavy atom. The second-order valence-corrected chi connectivity index (χ2v) is 6.85. The quantitative estimate of drug-likeness (QED) is 0.736. The van der Waals surface area contributed by atoms with Gasteiger partial charge in [-0.15, -0.1) is 0 Å². The van der Waals surface area contributed by atoms with Crippen LogP contribution in [-0.4, -0.2) is 49.5 Å². The lowest BCUT2D eigenvalue weighted by Gasteiger charge is -2.24. The predicted octanol–water partition coefficient (Wildman–Crippen LogP) is 1.31. The molecule has 0 aromatic carbocycles. The Morgan fingerprint density at radius 2 is 2.05 bits per heavy atom. The van der Waals surface area contributed by atoms with Crippen molar-refractivity contribution in [2.24, 2.45) is 0 Å². The van der Waals surface area contributed by atoms with Gasteiger partial charge in [0.15, 0.2) is 4.67 Å². The maximum atomic E-state index is 12.5. The monoisotopic (exact) mass is 383 g/mol. The van der Waals surface area contributed by atoms with Crippen LogP contribution in [-0.2, 0) is 19.6 Å². The van der Waals surface area contributed by atoms with Crippen LogP contribution in [0.25, 0.3) is 0 Å². The molecule has 0 radical (unpaired) electrons. The van der Waals surface area contributed by atoms with Gasteiger partial charge in [0, 0.05) is 12.1 Å². The highest BCUT2D eigenvalue weighted by Gasteiger charge is 2.34. The number of nitrogens with zero attached hydrogens (tertiary/aromatic N) is 1. The SMILES string of the molecule is COC(=O)CN(C(C)C)S(=O)(=O)c1cc(C(=O)O)oc1Br. The van der Waals surface area contributed by atoms with Crippen molar-refractivity contribution in [1.82, 2.24) is 4.31 Å². The first-order chi connectivity index (χ1) is 9.61. The van der Waals surface area contributed by atoms with E-state index in [4.69, 9.17) is 9.52 Å². The van der Waals surface area contributed by atoms with Gasteiger partial charge >= 0.3 is 11.9 Å². The van der Waals surface area contributed by atoms with Gasteiger partial charge in [-0.05, 0) is 29.8 Å². The zero-order valence-corrected chi connectivity index (χ0v) is 13.9. The van der Waals surface area contributed by atoms with E-state index in [1.807, 2.05) is 0 Å². The number of furan rings is 1. The highest BCUT2D eigenvalue weighted by molar-refractivity contribution is 9.10. The van der Waals surface area contributed by atoms with Crippen LogP contribution in [0, 0.1) is 0 Å². The molecule has 0 amide bonds. The Hall–Kier alpha value is -1.39. The molecule has 0 aliphatic carbocycles. The van der Waals surface area contributed by atoms with Gasteiger partial charge in [0.05, 0.1) is 7.11 Å². The van der Waals surface area contributed by atoms with Gasteiger partial charge in [0.25, 0.3) is 0 Å². The van der Waals surface area contributed by atoms with E-state index in [0.717, 1.165) is 17.5 Å². The molecule has 0 saturated heterocycles. The summed E-state index contributed by atoms with van der Waals surface area (Å²) in [5.41, 5.74) is 0. The Labute approximate surface area is 129 Å². The number of methoxy groups -OCH3 is 1. The normalized spacial score (nSPS) is 11.9. The van der Waals surface area contributed by atoms with Gasteiger partial charge in [-0.25, -0.2) is 13.2 Å². The summed E-state index contributed by atoms with van der Waals surface area (Å²) in [6.45, 7) is 2.66. The van der Waals surface area contributed by atoms with E-state index in [9.17, 15) is 18.0 Å². The third kappa shape index (κ3) is 3.83. The number of hydrogen-bond donors (Lipinski definition) is 1. The molecule has 8 nitrogen and oxygen atoms in total. The topological polar surface area (TPSA) is 114 Å². The van der Waals surface area contributed by atoms with Crippen molar-refractivity contribution in [3.63, 3.8) is 0 Å². The molecule has 1 heterocycles. The Balaban J connectivity index is 3.29. The minimum atomic E-state index is -4.12. The van der Waals surface area contributed by atoms with Crippen molar-refractivity contribution in [1.29, 1.82) is 0 Å². The number of hydrogen-bond acceptors (Lipinski definition) is 6. The molecule has 1 aromatic heterocycles. The fourth-order valence-corrected chi connectivity index (χ4v) is 3.98. The van der Waals surface area contributed by atoms with Crippen LogP contribution in [0.5, 0.6) is 0 Å². The highest BCUT2D eigenvalue weighted by Crippen LogP contribution is 2.29. The molecular formula is C11H14BrNO7S. The summed E-state index contributed by atoms with van der Waals surface area (Å²) < 4.78 is 35.0. The molecule has 21 heavy (non-hydrogen) atoms. The second-order valence-electron chi connectivity index (χ2n) is 4.27. The minimum absolute atomic E-state index is 0.240. The van der Waals surface area contributed by atoms with E-state index < -0.39 is 40.3 Å². The maximum absolute atomic E-state index is 12.5. The van der Waals surface area contributed by atoms with Crippen LogP contribution in [0.1, 0.15) is 24.4 Å². The molecular weight excluding hydrogens is 370 g/mol. The van der Waals surface area contributed by atoms with Gasteiger partial charge in [0.1, 0.15) is 11.4 Å². The lowest BCUT2D eigenvalue weighted by atomic mass is 10.4. The van der Waals surface area contributed by atoms with E-state index in [0.29, 0.717) is 0 Å². The summed E-state index contributed by atoms with van der Waals surface area (Å²) in [6.07, 6.45) is 0. The molecule has 1 N–H and O–H groups in total. The van der Waals surface area contributed by atoms with Gasteiger partial charge in [-0.1, -0.05) is 0 Å². The summed E-state index contributed by atoms with van der Waals surface area (Å²) >= 11 is 2.87. The van der Waals surface area contributed by atoms with Crippen molar-refractivity contribution in [2.75, 3.05) is 13.7 Å².